The third kappa shape index (κ3) is 4.19. The molecule has 3 aromatic carbocycles. The minimum atomic E-state index is -0.782. The summed E-state index contributed by atoms with van der Waals surface area (Å²) in [4.78, 5) is 0. The predicted octanol–water partition coefficient (Wildman–Crippen LogP) is 8.72. The van der Waals surface area contributed by atoms with Crippen LogP contribution in [0.4, 0.5) is 8.78 Å². The van der Waals surface area contributed by atoms with Crippen molar-refractivity contribution in [3.05, 3.63) is 83.4 Å². The normalized spacial score (nSPS) is 19.3. The van der Waals surface area contributed by atoms with Crippen molar-refractivity contribution < 1.29 is 8.78 Å². The second kappa shape index (κ2) is 8.71. The van der Waals surface area contributed by atoms with Crippen LogP contribution in [-0.4, -0.2) is 0 Å². The summed E-state index contributed by atoms with van der Waals surface area (Å²) in [7, 11) is 0. The Labute approximate surface area is 179 Å². The van der Waals surface area contributed by atoms with Crippen LogP contribution >= 0.6 is 0 Å². The first-order valence-corrected chi connectivity index (χ1v) is 11.1. The monoisotopic (exact) mass is 404 g/mol. The van der Waals surface area contributed by atoms with E-state index in [9.17, 15) is 8.78 Å². The topological polar surface area (TPSA) is 0 Å². The predicted molar refractivity (Wildman–Crippen MR) is 122 cm³/mol. The Bertz CT molecular complexity index is 992. The maximum atomic E-state index is 15.0. The lowest BCUT2D eigenvalue weighted by Crippen LogP contribution is -2.10. The summed E-state index contributed by atoms with van der Waals surface area (Å²) in [5, 5.41) is 0. The molecule has 0 N–H and O–H groups in total. The van der Waals surface area contributed by atoms with Gasteiger partial charge in [-0.1, -0.05) is 94.3 Å². The summed E-state index contributed by atoms with van der Waals surface area (Å²) in [6, 6.07) is 19.1. The molecule has 156 valence electrons. The van der Waals surface area contributed by atoms with Crippen molar-refractivity contribution in [1.82, 2.24) is 0 Å². The molecule has 0 spiro atoms. The van der Waals surface area contributed by atoms with Crippen LogP contribution in [-0.2, 0) is 0 Å². The SMILES string of the molecule is CC1CCC(c2ccc(-c3ccc(-c4ccc(C(C)C)cc4)c(F)c3F)cc2)CC1. The highest BCUT2D eigenvalue weighted by Crippen LogP contribution is 2.37. The Kier molecular flexibility index (Phi) is 6.04. The van der Waals surface area contributed by atoms with E-state index in [4.69, 9.17) is 0 Å². The number of halogens is 2. The average Bonchev–Trinajstić information content (AvgIpc) is 2.76. The van der Waals surface area contributed by atoms with Crippen molar-refractivity contribution >= 4 is 0 Å². The fraction of sp³-hybridized carbons (Fsp3) is 0.357. The van der Waals surface area contributed by atoms with Crippen LogP contribution < -0.4 is 0 Å². The summed E-state index contributed by atoms with van der Waals surface area (Å²) >= 11 is 0. The molecule has 0 unspecified atom stereocenters. The molecule has 0 nitrogen and oxygen atoms in total. The molecule has 4 rings (SSSR count). The van der Waals surface area contributed by atoms with E-state index in [1.165, 1.54) is 36.8 Å². The molecule has 30 heavy (non-hydrogen) atoms. The summed E-state index contributed by atoms with van der Waals surface area (Å²) in [5.41, 5.74) is 4.54. The van der Waals surface area contributed by atoms with E-state index in [0.717, 1.165) is 11.5 Å². The van der Waals surface area contributed by atoms with Crippen molar-refractivity contribution in [3.8, 4) is 22.3 Å². The zero-order chi connectivity index (χ0) is 21.3. The first-order chi connectivity index (χ1) is 14.4. The highest BCUT2D eigenvalue weighted by Gasteiger charge is 2.20. The standard InChI is InChI=1S/C28H30F2/c1-18(2)20-8-12-23(13-9-20)25-16-17-26(28(30)27(25)29)24-14-10-22(11-15-24)21-6-4-19(3)5-7-21/h8-19,21H,4-7H2,1-3H3. The third-order valence-electron chi connectivity index (χ3n) is 6.68. The van der Waals surface area contributed by atoms with Crippen LogP contribution in [0.1, 0.15) is 69.4 Å². The zero-order valence-electron chi connectivity index (χ0n) is 18.1. The molecule has 1 saturated carbocycles. The average molecular weight is 405 g/mol. The molecule has 0 amide bonds. The van der Waals surface area contributed by atoms with E-state index in [-0.39, 0.29) is 0 Å². The Morgan fingerprint density at radius 3 is 1.60 bits per heavy atom. The van der Waals surface area contributed by atoms with Gasteiger partial charge in [0, 0.05) is 11.1 Å². The second-order valence-corrected chi connectivity index (χ2v) is 9.14. The van der Waals surface area contributed by atoms with Crippen molar-refractivity contribution in [3.63, 3.8) is 0 Å². The number of hydrogen-bond donors (Lipinski definition) is 0. The van der Waals surface area contributed by atoms with E-state index in [1.807, 2.05) is 36.4 Å². The molecule has 1 aliphatic carbocycles. The lowest BCUT2D eigenvalue weighted by Gasteiger charge is -2.26. The maximum Gasteiger partial charge on any atom is 0.167 e. The van der Waals surface area contributed by atoms with Crippen LogP contribution in [0.5, 0.6) is 0 Å². The van der Waals surface area contributed by atoms with Crippen molar-refractivity contribution in [2.75, 3.05) is 0 Å². The van der Waals surface area contributed by atoms with Gasteiger partial charge >= 0.3 is 0 Å². The van der Waals surface area contributed by atoms with Gasteiger partial charge in [0.25, 0.3) is 0 Å². The zero-order valence-corrected chi connectivity index (χ0v) is 18.1. The molecule has 0 bridgehead atoms. The fourth-order valence-electron chi connectivity index (χ4n) is 4.57. The Morgan fingerprint density at radius 1 is 0.667 bits per heavy atom. The van der Waals surface area contributed by atoms with Crippen LogP contribution in [0, 0.1) is 17.6 Å². The Morgan fingerprint density at radius 2 is 1.13 bits per heavy atom. The molecular weight excluding hydrogens is 374 g/mol. The minimum absolute atomic E-state index is 0.305. The van der Waals surface area contributed by atoms with Gasteiger partial charge in [-0.05, 0) is 52.8 Å². The van der Waals surface area contributed by atoms with E-state index < -0.39 is 11.6 Å². The van der Waals surface area contributed by atoms with Gasteiger partial charge in [0.15, 0.2) is 11.6 Å². The van der Waals surface area contributed by atoms with Crippen LogP contribution in [0.3, 0.4) is 0 Å². The van der Waals surface area contributed by atoms with Gasteiger partial charge in [0.1, 0.15) is 0 Å². The molecule has 1 aliphatic rings. The summed E-state index contributed by atoms with van der Waals surface area (Å²) < 4.78 is 29.9. The van der Waals surface area contributed by atoms with E-state index in [2.05, 4.69) is 32.9 Å². The van der Waals surface area contributed by atoms with Gasteiger partial charge < -0.3 is 0 Å². The molecule has 0 aliphatic heterocycles. The molecular formula is C28H30F2. The van der Waals surface area contributed by atoms with Gasteiger partial charge in [-0.15, -0.1) is 0 Å². The number of hydrogen-bond acceptors (Lipinski definition) is 0. The number of benzene rings is 3. The quantitative estimate of drug-likeness (QED) is 0.408. The van der Waals surface area contributed by atoms with Gasteiger partial charge in [-0.25, -0.2) is 8.78 Å². The van der Waals surface area contributed by atoms with Gasteiger partial charge in [-0.2, -0.15) is 0 Å². The summed E-state index contributed by atoms with van der Waals surface area (Å²) in [6.45, 7) is 6.55. The molecule has 0 saturated heterocycles. The molecule has 0 aromatic heterocycles. The molecule has 1 fully saturated rings. The van der Waals surface area contributed by atoms with E-state index >= 15 is 0 Å². The van der Waals surface area contributed by atoms with E-state index in [0.29, 0.717) is 28.5 Å². The summed E-state index contributed by atoms with van der Waals surface area (Å²) in [5.74, 6) is 0.253. The number of rotatable bonds is 4. The van der Waals surface area contributed by atoms with E-state index in [1.54, 1.807) is 12.1 Å². The van der Waals surface area contributed by atoms with Crippen molar-refractivity contribution in [2.24, 2.45) is 5.92 Å². The Hall–Kier alpha value is -2.48. The highest BCUT2D eigenvalue weighted by atomic mass is 19.2. The van der Waals surface area contributed by atoms with Crippen LogP contribution in [0.2, 0.25) is 0 Å². The molecule has 3 aromatic rings. The maximum absolute atomic E-state index is 15.0. The molecule has 0 heterocycles. The fourth-order valence-corrected chi connectivity index (χ4v) is 4.57. The highest BCUT2D eigenvalue weighted by molar-refractivity contribution is 5.72. The Balaban J connectivity index is 1.59. The van der Waals surface area contributed by atoms with Crippen LogP contribution in [0.15, 0.2) is 60.7 Å². The summed E-state index contributed by atoms with van der Waals surface area (Å²) in [6.07, 6.45) is 4.97. The first kappa shape index (κ1) is 20.8. The molecule has 0 radical (unpaired) electrons. The van der Waals surface area contributed by atoms with Gasteiger partial charge in [-0.3, -0.25) is 0 Å². The smallest absolute Gasteiger partial charge is 0.167 e. The largest absolute Gasteiger partial charge is 0.203 e. The van der Waals surface area contributed by atoms with Gasteiger partial charge in [0.05, 0.1) is 0 Å². The van der Waals surface area contributed by atoms with Crippen molar-refractivity contribution in [1.29, 1.82) is 0 Å². The lowest BCUT2D eigenvalue weighted by atomic mass is 9.79. The first-order valence-electron chi connectivity index (χ1n) is 11.1. The van der Waals surface area contributed by atoms with Gasteiger partial charge in [0.2, 0.25) is 0 Å². The lowest BCUT2D eigenvalue weighted by molar-refractivity contribution is 0.348. The molecule has 0 atom stereocenters. The third-order valence-corrected chi connectivity index (χ3v) is 6.68. The molecule has 2 heteroatoms. The van der Waals surface area contributed by atoms with Crippen LogP contribution in [0.25, 0.3) is 22.3 Å². The van der Waals surface area contributed by atoms with Crippen molar-refractivity contribution in [2.45, 2.75) is 58.3 Å². The second-order valence-electron chi connectivity index (χ2n) is 9.14. The minimum Gasteiger partial charge on any atom is -0.203 e.